The first kappa shape index (κ1) is 13.9. The Bertz CT molecular complexity index is 529. The molecule has 3 rings (SSSR count). The first-order valence-electron chi connectivity index (χ1n) is 7.47. The van der Waals surface area contributed by atoms with Crippen LogP contribution in [-0.4, -0.2) is 53.1 Å². The molecular weight excluding hydrogens is 266 g/mol. The topological polar surface area (TPSA) is 61.4 Å². The molecule has 1 N–H and O–H groups in total. The molecule has 0 spiro atoms. The van der Waals surface area contributed by atoms with Gasteiger partial charge in [-0.3, -0.25) is 0 Å². The Morgan fingerprint density at radius 2 is 1.95 bits per heavy atom. The van der Waals surface area contributed by atoms with E-state index >= 15 is 0 Å². The van der Waals surface area contributed by atoms with Crippen molar-refractivity contribution < 1.29 is 4.79 Å². The summed E-state index contributed by atoms with van der Waals surface area (Å²) in [6.07, 6.45) is 7.93. The average Bonchev–Trinajstić information content (AvgIpc) is 3.00. The van der Waals surface area contributed by atoms with E-state index in [9.17, 15) is 4.79 Å². The predicted molar refractivity (Wildman–Crippen MR) is 81.2 cm³/mol. The van der Waals surface area contributed by atoms with Gasteiger partial charge in [-0.25, -0.2) is 14.8 Å². The van der Waals surface area contributed by atoms with Crippen LogP contribution in [0.4, 0.5) is 10.6 Å². The van der Waals surface area contributed by atoms with Gasteiger partial charge in [-0.1, -0.05) is 12.2 Å². The number of aromatic nitrogens is 2. The third-order valence-electron chi connectivity index (χ3n) is 3.99. The summed E-state index contributed by atoms with van der Waals surface area (Å²) in [6.45, 7) is 4.98. The molecule has 0 atom stereocenters. The number of anilines is 1. The lowest BCUT2D eigenvalue weighted by atomic mass is 10.2. The molecule has 1 saturated heterocycles. The fourth-order valence-corrected chi connectivity index (χ4v) is 2.76. The lowest BCUT2D eigenvalue weighted by Crippen LogP contribution is -2.53. The second kappa shape index (κ2) is 6.11. The summed E-state index contributed by atoms with van der Waals surface area (Å²) in [5.41, 5.74) is 0. The Morgan fingerprint density at radius 1 is 1.24 bits per heavy atom. The van der Waals surface area contributed by atoms with Crippen molar-refractivity contribution in [3.8, 4) is 0 Å². The second-order valence-electron chi connectivity index (χ2n) is 5.53. The summed E-state index contributed by atoms with van der Waals surface area (Å²) < 4.78 is 0. The highest BCUT2D eigenvalue weighted by Crippen LogP contribution is 2.14. The van der Waals surface area contributed by atoms with Gasteiger partial charge in [0.25, 0.3) is 0 Å². The molecule has 2 aliphatic rings. The van der Waals surface area contributed by atoms with Crippen LogP contribution in [0.1, 0.15) is 18.7 Å². The zero-order chi connectivity index (χ0) is 14.7. The number of hydrogen-bond donors (Lipinski definition) is 1. The molecule has 1 aliphatic carbocycles. The van der Waals surface area contributed by atoms with Crippen molar-refractivity contribution in [2.45, 2.75) is 25.8 Å². The smallest absolute Gasteiger partial charge is 0.317 e. The second-order valence-corrected chi connectivity index (χ2v) is 5.53. The molecule has 0 aromatic carbocycles. The number of nitrogens with zero attached hydrogens (tertiary/aromatic N) is 4. The number of hydrogen-bond acceptors (Lipinski definition) is 4. The summed E-state index contributed by atoms with van der Waals surface area (Å²) >= 11 is 0. The highest BCUT2D eigenvalue weighted by atomic mass is 16.2. The number of carbonyl (C=O) groups excluding carboxylic acids is 1. The lowest BCUT2D eigenvalue weighted by molar-refractivity contribution is 0.190. The van der Waals surface area contributed by atoms with Crippen LogP contribution in [0, 0.1) is 6.92 Å². The molecule has 6 nitrogen and oxygen atoms in total. The fourth-order valence-electron chi connectivity index (χ4n) is 2.76. The molecule has 1 aromatic rings. The van der Waals surface area contributed by atoms with E-state index in [0.717, 1.165) is 50.7 Å². The molecule has 0 bridgehead atoms. The van der Waals surface area contributed by atoms with E-state index in [2.05, 4.69) is 32.3 Å². The van der Waals surface area contributed by atoms with Gasteiger partial charge in [0, 0.05) is 38.4 Å². The number of amides is 2. The van der Waals surface area contributed by atoms with E-state index in [4.69, 9.17) is 0 Å². The molecule has 0 radical (unpaired) electrons. The fraction of sp³-hybridized carbons (Fsp3) is 0.533. The van der Waals surface area contributed by atoms with Gasteiger partial charge in [-0.15, -0.1) is 0 Å². The number of piperazine rings is 1. The molecule has 2 amide bonds. The summed E-state index contributed by atoms with van der Waals surface area (Å²) in [5.74, 6) is 1.73. The highest BCUT2D eigenvalue weighted by Gasteiger charge is 2.23. The minimum absolute atomic E-state index is 0.0576. The van der Waals surface area contributed by atoms with Gasteiger partial charge in [0.05, 0.1) is 0 Å². The van der Waals surface area contributed by atoms with Gasteiger partial charge < -0.3 is 15.1 Å². The summed E-state index contributed by atoms with van der Waals surface area (Å²) in [6, 6.07) is 2.26. The molecule has 2 heterocycles. The van der Waals surface area contributed by atoms with Crippen molar-refractivity contribution in [2.24, 2.45) is 0 Å². The Hall–Kier alpha value is -2.11. The highest BCUT2D eigenvalue weighted by molar-refractivity contribution is 5.75. The maximum atomic E-state index is 12.2. The van der Waals surface area contributed by atoms with Crippen LogP contribution in [0.15, 0.2) is 24.4 Å². The summed E-state index contributed by atoms with van der Waals surface area (Å²) in [5, 5.41) is 3.09. The van der Waals surface area contributed by atoms with Crippen LogP contribution in [0.25, 0.3) is 0 Å². The molecule has 6 heteroatoms. The monoisotopic (exact) mass is 287 g/mol. The van der Waals surface area contributed by atoms with Gasteiger partial charge in [-0.2, -0.15) is 0 Å². The van der Waals surface area contributed by atoms with Crippen LogP contribution in [-0.2, 0) is 0 Å². The van der Waals surface area contributed by atoms with E-state index in [1.165, 1.54) is 0 Å². The number of nitrogens with one attached hydrogen (secondary N) is 1. The first-order valence-corrected chi connectivity index (χ1v) is 7.47. The summed E-state index contributed by atoms with van der Waals surface area (Å²) in [4.78, 5) is 24.8. The third-order valence-corrected chi connectivity index (χ3v) is 3.99. The van der Waals surface area contributed by atoms with Crippen molar-refractivity contribution in [3.63, 3.8) is 0 Å². The van der Waals surface area contributed by atoms with E-state index in [1.807, 2.05) is 17.9 Å². The lowest BCUT2D eigenvalue weighted by Gasteiger charge is -2.35. The van der Waals surface area contributed by atoms with Gasteiger partial charge in [-0.05, 0) is 25.8 Å². The Balaban J connectivity index is 1.51. The molecule has 0 unspecified atom stereocenters. The molecule has 1 aromatic heterocycles. The van der Waals surface area contributed by atoms with Crippen molar-refractivity contribution in [1.29, 1.82) is 0 Å². The maximum absolute atomic E-state index is 12.2. The number of rotatable bonds is 2. The van der Waals surface area contributed by atoms with Crippen molar-refractivity contribution in [1.82, 2.24) is 20.2 Å². The van der Waals surface area contributed by atoms with Gasteiger partial charge >= 0.3 is 6.03 Å². The Labute approximate surface area is 124 Å². The van der Waals surface area contributed by atoms with E-state index in [0.29, 0.717) is 0 Å². The zero-order valence-electron chi connectivity index (χ0n) is 12.3. The standard InChI is InChI=1S/C15H21N5O/c1-12-16-7-6-14(17-12)19-8-10-20(11-9-19)15(21)18-13-4-2-3-5-13/h2-3,6-7,13H,4-5,8-11H2,1H3,(H,18,21). The molecule has 112 valence electrons. The van der Waals surface area contributed by atoms with Crippen molar-refractivity contribution in [3.05, 3.63) is 30.2 Å². The van der Waals surface area contributed by atoms with Crippen molar-refractivity contribution >= 4 is 11.8 Å². The first-order chi connectivity index (χ1) is 10.2. The van der Waals surface area contributed by atoms with E-state index in [-0.39, 0.29) is 12.1 Å². The quantitative estimate of drug-likeness (QED) is 0.834. The average molecular weight is 287 g/mol. The molecule has 1 fully saturated rings. The SMILES string of the molecule is Cc1nccc(N2CCN(C(=O)NC3CC=CC3)CC2)n1. The normalized spacial score (nSPS) is 19.1. The Morgan fingerprint density at radius 3 is 2.62 bits per heavy atom. The number of urea groups is 1. The molecular formula is C15H21N5O. The predicted octanol–water partition coefficient (Wildman–Crippen LogP) is 1.34. The maximum Gasteiger partial charge on any atom is 0.317 e. The number of aryl methyl sites for hydroxylation is 1. The zero-order valence-corrected chi connectivity index (χ0v) is 12.3. The van der Waals surface area contributed by atoms with E-state index < -0.39 is 0 Å². The van der Waals surface area contributed by atoms with Crippen LogP contribution in [0.5, 0.6) is 0 Å². The molecule has 21 heavy (non-hydrogen) atoms. The minimum atomic E-state index is 0.0576. The van der Waals surface area contributed by atoms with Crippen LogP contribution < -0.4 is 10.2 Å². The number of carbonyl (C=O) groups is 1. The van der Waals surface area contributed by atoms with Gasteiger partial charge in [0.2, 0.25) is 0 Å². The van der Waals surface area contributed by atoms with Gasteiger partial charge in [0.15, 0.2) is 0 Å². The van der Waals surface area contributed by atoms with Crippen molar-refractivity contribution in [2.75, 3.05) is 31.1 Å². The van der Waals surface area contributed by atoms with E-state index in [1.54, 1.807) is 6.20 Å². The van der Waals surface area contributed by atoms with Crippen LogP contribution >= 0.6 is 0 Å². The van der Waals surface area contributed by atoms with Gasteiger partial charge in [0.1, 0.15) is 11.6 Å². The summed E-state index contributed by atoms with van der Waals surface area (Å²) in [7, 11) is 0. The largest absolute Gasteiger partial charge is 0.353 e. The molecule has 0 saturated carbocycles. The van der Waals surface area contributed by atoms with Crippen LogP contribution in [0.2, 0.25) is 0 Å². The third kappa shape index (κ3) is 3.32. The Kier molecular flexibility index (Phi) is 4.03. The minimum Gasteiger partial charge on any atom is -0.353 e. The molecule has 1 aliphatic heterocycles. The van der Waals surface area contributed by atoms with Crippen LogP contribution in [0.3, 0.4) is 0 Å².